The maximum atomic E-state index is 12.8. The van der Waals surface area contributed by atoms with Crippen molar-refractivity contribution in [2.24, 2.45) is 5.73 Å². The molecule has 3 amide bonds. The van der Waals surface area contributed by atoms with Crippen molar-refractivity contribution in [3.63, 3.8) is 0 Å². The van der Waals surface area contributed by atoms with E-state index >= 15 is 0 Å². The van der Waals surface area contributed by atoms with Gasteiger partial charge in [0.25, 0.3) is 5.91 Å². The second kappa shape index (κ2) is 6.57. The largest absolute Gasteiger partial charge is 0.330 e. The minimum atomic E-state index is -0.625. The van der Waals surface area contributed by atoms with Gasteiger partial charge in [-0.15, -0.1) is 0 Å². The van der Waals surface area contributed by atoms with E-state index in [1.807, 2.05) is 6.92 Å². The molecular formula is C15H27N3O2. The fourth-order valence-electron chi connectivity index (χ4n) is 3.53. The molecule has 114 valence electrons. The monoisotopic (exact) mass is 281 g/mol. The normalized spacial score (nSPS) is 24.4. The van der Waals surface area contributed by atoms with Crippen LogP contribution < -0.4 is 11.1 Å². The van der Waals surface area contributed by atoms with E-state index in [9.17, 15) is 9.59 Å². The molecule has 0 aromatic carbocycles. The van der Waals surface area contributed by atoms with Crippen LogP contribution in [0.5, 0.6) is 0 Å². The lowest BCUT2D eigenvalue weighted by molar-refractivity contribution is -0.133. The van der Waals surface area contributed by atoms with Crippen LogP contribution >= 0.6 is 0 Å². The van der Waals surface area contributed by atoms with E-state index in [4.69, 9.17) is 5.73 Å². The third kappa shape index (κ3) is 2.82. The Kier molecular flexibility index (Phi) is 5.02. The van der Waals surface area contributed by atoms with Crippen molar-refractivity contribution < 1.29 is 9.59 Å². The Morgan fingerprint density at radius 3 is 2.35 bits per heavy atom. The molecule has 1 heterocycles. The highest BCUT2D eigenvalue weighted by atomic mass is 16.2. The molecule has 1 aliphatic carbocycles. The van der Waals surface area contributed by atoms with Gasteiger partial charge in [-0.3, -0.25) is 9.69 Å². The summed E-state index contributed by atoms with van der Waals surface area (Å²) in [7, 11) is 0. The van der Waals surface area contributed by atoms with Crippen LogP contribution in [0.1, 0.15) is 64.7 Å². The summed E-state index contributed by atoms with van der Waals surface area (Å²) in [5.41, 5.74) is 4.98. The third-order valence-electron chi connectivity index (χ3n) is 4.74. The van der Waals surface area contributed by atoms with Crippen LogP contribution in [0.25, 0.3) is 0 Å². The minimum absolute atomic E-state index is 0.00954. The summed E-state index contributed by atoms with van der Waals surface area (Å²) in [4.78, 5) is 26.6. The molecule has 1 spiro atoms. The standard InChI is InChI=1S/C15H27N3O2/c1-2-12(8-11-16)18-13(19)15(17-14(18)20)9-6-4-3-5-7-10-15/h12H,2-11,16H2,1H3,(H,17,20). The molecule has 1 saturated carbocycles. The zero-order valence-electron chi connectivity index (χ0n) is 12.5. The quantitative estimate of drug-likeness (QED) is 0.775. The summed E-state index contributed by atoms with van der Waals surface area (Å²) in [5, 5.41) is 3.01. The molecule has 1 saturated heterocycles. The number of imide groups is 1. The molecule has 5 heteroatoms. The van der Waals surface area contributed by atoms with Gasteiger partial charge in [-0.05, 0) is 32.2 Å². The minimum Gasteiger partial charge on any atom is -0.330 e. The first-order chi connectivity index (χ1) is 9.64. The van der Waals surface area contributed by atoms with Crippen molar-refractivity contribution in [3.8, 4) is 0 Å². The van der Waals surface area contributed by atoms with Crippen LogP contribution in [0.4, 0.5) is 4.79 Å². The Bertz CT molecular complexity index is 362. The van der Waals surface area contributed by atoms with Crippen LogP contribution in [0.2, 0.25) is 0 Å². The van der Waals surface area contributed by atoms with Crippen molar-refractivity contribution in [2.45, 2.75) is 76.3 Å². The second-order valence-electron chi connectivity index (χ2n) is 6.09. The molecule has 20 heavy (non-hydrogen) atoms. The maximum absolute atomic E-state index is 12.8. The highest BCUT2D eigenvalue weighted by molar-refractivity contribution is 6.07. The molecule has 0 radical (unpaired) electrons. The summed E-state index contributed by atoms with van der Waals surface area (Å²) >= 11 is 0. The number of carbonyl (C=O) groups excluding carboxylic acids is 2. The lowest BCUT2D eigenvalue weighted by Gasteiger charge is -2.30. The molecule has 0 aromatic rings. The van der Waals surface area contributed by atoms with Gasteiger partial charge in [0.1, 0.15) is 5.54 Å². The Morgan fingerprint density at radius 2 is 1.80 bits per heavy atom. The van der Waals surface area contributed by atoms with Crippen LogP contribution in [-0.2, 0) is 4.79 Å². The average molecular weight is 281 g/mol. The summed E-state index contributed by atoms with van der Waals surface area (Å²) in [6.07, 6.45) is 8.63. The van der Waals surface area contributed by atoms with Crippen molar-refractivity contribution in [2.75, 3.05) is 6.54 Å². The van der Waals surface area contributed by atoms with Crippen LogP contribution in [-0.4, -0.2) is 35.0 Å². The molecule has 1 aliphatic heterocycles. The van der Waals surface area contributed by atoms with Crippen molar-refractivity contribution in [3.05, 3.63) is 0 Å². The number of nitrogens with two attached hydrogens (primary N) is 1. The number of rotatable bonds is 4. The van der Waals surface area contributed by atoms with E-state index in [-0.39, 0.29) is 18.0 Å². The smallest absolute Gasteiger partial charge is 0.325 e. The molecule has 0 aromatic heterocycles. The number of urea groups is 1. The second-order valence-corrected chi connectivity index (χ2v) is 6.09. The Balaban J connectivity index is 2.17. The van der Waals surface area contributed by atoms with Gasteiger partial charge in [-0.2, -0.15) is 0 Å². The fraction of sp³-hybridized carbons (Fsp3) is 0.867. The summed E-state index contributed by atoms with van der Waals surface area (Å²) in [6.45, 7) is 2.51. The first kappa shape index (κ1) is 15.3. The van der Waals surface area contributed by atoms with Gasteiger partial charge < -0.3 is 11.1 Å². The van der Waals surface area contributed by atoms with Gasteiger partial charge >= 0.3 is 6.03 Å². The Hall–Kier alpha value is -1.10. The lowest BCUT2D eigenvalue weighted by Crippen LogP contribution is -2.48. The number of nitrogens with zero attached hydrogens (tertiary/aromatic N) is 1. The number of hydrogen-bond donors (Lipinski definition) is 2. The Labute approximate surface area is 121 Å². The first-order valence-corrected chi connectivity index (χ1v) is 8.00. The van der Waals surface area contributed by atoms with Crippen molar-refractivity contribution in [1.82, 2.24) is 10.2 Å². The van der Waals surface area contributed by atoms with E-state index in [2.05, 4.69) is 5.32 Å². The van der Waals surface area contributed by atoms with Gasteiger partial charge in [0.2, 0.25) is 0 Å². The number of nitrogens with one attached hydrogen (secondary N) is 1. The molecular weight excluding hydrogens is 254 g/mol. The third-order valence-corrected chi connectivity index (χ3v) is 4.74. The SMILES string of the molecule is CCC(CCN)N1C(=O)NC2(CCCCCCC2)C1=O. The fourth-order valence-corrected chi connectivity index (χ4v) is 3.53. The summed E-state index contributed by atoms with van der Waals surface area (Å²) in [5.74, 6) is -0.00954. The predicted octanol–water partition coefficient (Wildman–Crippen LogP) is 2.15. The summed E-state index contributed by atoms with van der Waals surface area (Å²) < 4.78 is 0. The predicted molar refractivity (Wildman–Crippen MR) is 78.2 cm³/mol. The van der Waals surface area contributed by atoms with Gasteiger partial charge in [0, 0.05) is 6.04 Å². The van der Waals surface area contributed by atoms with E-state index in [1.54, 1.807) is 0 Å². The highest BCUT2D eigenvalue weighted by Gasteiger charge is 2.51. The first-order valence-electron chi connectivity index (χ1n) is 8.00. The average Bonchev–Trinajstić information content (AvgIpc) is 2.64. The van der Waals surface area contributed by atoms with Crippen LogP contribution in [0.3, 0.4) is 0 Å². The van der Waals surface area contributed by atoms with E-state index in [0.29, 0.717) is 13.0 Å². The van der Waals surface area contributed by atoms with E-state index in [0.717, 1.165) is 44.9 Å². The lowest BCUT2D eigenvalue weighted by atomic mass is 9.83. The molecule has 2 fully saturated rings. The molecule has 2 aliphatic rings. The van der Waals surface area contributed by atoms with E-state index in [1.165, 1.54) is 11.3 Å². The van der Waals surface area contributed by atoms with Gasteiger partial charge in [0.15, 0.2) is 0 Å². The Morgan fingerprint density at radius 1 is 1.20 bits per heavy atom. The van der Waals surface area contributed by atoms with Gasteiger partial charge in [0.05, 0.1) is 0 Å². The molecule has 1 unspecified atom stereocenters. The molecule has 2 rings (SSSR count). The van der Waals surface area contributed by atoms with Gasteiger partial charge in [-0.25, -0.2) is 4.79 Å². The van der Waals surface area contributed by atoms with E-state index < -0.39 is 5.54 Å². The maximum Gasteiger partial charge on any atom is 0.325 e. The van der Waals surface area contributed by atoms with Gasteiger partial charge in [-0.1, -0.05) is 39.0 Å². The zero-order valence-corrected chi connectivity index (χ0v) is 12.5. The highest BCUT2D eigenvalue weighted by Crippen LogP contribution is 2.33. The summed E-state index contributed by atoms with van der Waals surface area (Å²) in [6, 6.07) is -0.270. The number of carbonyl (C=O) groups is 2. The van der Waals surface area contributed by atoms with Crippen molar-refractivity contribution in [1.29, 1.82) is 0 Å². The topological polar surface area (TPSA) is 75.4 Å². The number of hydrogen-bond acceptors (Lipinski definition) is 3. The van der Waals surface area contributed by atoms with Crippen LogP contribution in [0, 0.1) is 0 Å². The molecule has 1 atom stereocenters. The van der Waals surface area contributed by atoms with Crippen molar-refractivity contribution >= 4 is 11.9 Å². The molecule has 0 bridgehead atoms. The zero-order chi connectivity index (χ0) is 14.6. The molecule has 3 N–H and O–H groups in total. The van der Waals surface area contributed by atoms with Crippen LogP contribution in [0.15, 0.2) is 0 Å². The molecule has 5 nitrogen and oxygen atoms in total. The number of amides is 3.